The minimum Gasteiger partial charge on any atom is -0.340 e. The second-order valence-corrected chi connectivity index (χ2v) is 6.11. The minimum absolute atomic E-state index is 0.0566. The largest absolute Gasteiger partial charge is 0.340 e. The number of hydrogen-bond donors (Lipinski definition) is 1. The zero-order valence-electron chi connectivity index (χ0n) is 12.1. The molecule has 0 atom stereocenters. The normalized spacial score (nSPS) is 16.5. The molecular weight excluding hydrogens is 238 g/mol. The molecule has 0 aliphatic carbocycles. The van der Waals surface area contributed by atoms with Crippen LogP contribution in [0.1, 0.15) is 32.0 Å². The van der Waals surface area contributed by atoms with E-state index in [4.69, 9.17) is 0 Å². The molecule has 1 fully saturated rings. The Bertz CT molecular complexity index is 428. The zero-order valence-corrected chi connectivity index (χ0v) is 12.1. The van der Waals surface area contributed by atoms with E-state index in [1.807, 2.05) is 23.2 Å². The van der Waals surface area contributed by atoms with E-state index in [9.17, 15) is 4.79 Å². The summed E-state index contributed by atoms with van der Waals surface area (Å²) in [6, 6.07) is 4.05. The summed E-state index contributed by atoms with van der Waals surface area (Å²) in [5, 5.41) is 3.25. The van der Waals surface area contributed by atoms with Gasteiger partial charge in [0.25, 0.3) is 0 Å². The molecule has 0 unspecified atom stereocenters. The third-order valence-corrected chi connectivity index (χ3v) is 3.42. The summed E-state index contributed by atoms with van der Waals surface area (Å²) < 4.78 is 0. The molecule has 0 spiro atoms. The molecule has 1 amide bonds. The summed E-state index contributed by atoms with van der Waals surface area (Å²) in [6.07, 6.45) is 2.29. The summed E-state index contributed by atoms with van der Waals surface area (Å²) in [5.41, 5.74) is 2.11. The van der Waals surface area contributed by atoms with Crippen LogP contribution in [0, 0.1) is 0 Å². The van der Waals surface area contributed by atoms with Gasteiger partial charge in [-0.2, -0.15) is 0 Å². The molecule has 1 aliphatic rings. The summed E-state index contributed by atoms with van der Waals surface area (Å²) in [6.45, 7) is 9.83. The van der Waals surface area contributed by atoms with Gasteiger partial charge in [0, 0.05) is 43.5 Å². The molecule has 2 rings (SSSR count). The van der Waals surface area contributed by atoms with Crippen molar-refractivity contribution in [2.24, 2.45) is 0 Å². The molecule has 19 heavy (non-hydrogen) atoms. The first kappa shape index (κ1) is 14.0. The van der Waals surface area contributed by atoms with E-state index in [1.54, 1.807) is 0 Å². The first-order valence-corrected chi connectivity index (χ1v) is 6.91. The summed E-state index contributed by atoms with van der Waals surface area (Å²) in [7, 11) is 0. The Morgan fingerprint density at radius 2 is 2.00 bits per heavy atom. The van der Waals surface area contributed by atoms with Gasteiger partial charge in [-0.1, -0.05) is 26.8 Å². The van der Waals surface area contributed by atoms with Crippen LogP contribution in [-0.4, -0.2) is 42.0 Å². The van der Waals surface area contributed by atoms with E-state index in [0.29, 0.717) is 6.42 Å². The fourth-order valence-corrected chi connectivity index (χ4v) is 2.17. The Labute approximate surface area is 115 Å². The quantitative estimate of drug-likeness (QED) is 0.874. The monoisotopic (exact) mass is 261 g/mol. The van der Waals surface area contributed by atoms with Gasteiger partial charge in [-0.3, -0.25) is 9.78 Å². The standard InChI is InChI=1S/C15H23N3O/c1-15(2,3)13-5-4-12(11-17-13)10-14(19)18-8-6-16-7-9-18/h4-5,11,16H,6-10H2,1-3H3. The third-order valence-electron chi connectivity index (χ3n) is 3.42. The summed E-state index contributed by atoms with van der Waals surface area (Å²) in [4.78, 5) is 18.5. The predicted molar refractivity (Wildman–Crippen MR) is 76.1 cm³/mol. The number of amides is 1. The van der Waals surface area contributed by atoms with Crippen LogP contribution in [0.4, 0.5) is 0 Å². The molecule has 2 heterocycles. The van der Waals surface area contributed by atoms with Gasteiger partial charge in [-0.05, 0) is 11.6 Å². The first-order valence-electron chi connectivity index (χ1n) is 6.91. The lowest BCUT2D eigenvalue weighted by Crippen LogP contribution is -2.46. The molecule has 0 saturated carbocycles. The van der Waals surface area contributed by atoms with Crippen LogP contribution in [0.3, 0.4) is 0 Å². The van der Waals surface area contributed by atoms with Gasteiger partial charge in [0.05, 0.1) is 6.42 Å². The number of pyridine rings is 1. The molecule has 1 saturated heterocycles. The van der Waals surface area contributed by atoms with Crippen molar-refractivity contribution in [3.63, 3.8) is 0 Å². The fraction of sp³-hybridized carbons (Fsp3) is 0.600. The Morgan fingerprint density at radius 3 is 2.53 bits per heavy atom. The molecule has 1 aliphatic heterocycles. The zero-order chi connectivity index (χ0) is 13.9. The highest BCUT2D eigenvalue weighted by molar-refractivity contribution is 5.78. The van der Waals surface area contributed by atoms with Crippen LogP contribution in [0.2, 0.25) is 0 Å². The number of nitrogens with zero attached hydrogens (tertiary/aromatic N) is 2. The highest BCUT2D eigenvalue weighted by Gasteiger charge is 2.18. The van der Waals surface area contributed by atoms with Crippen molar-refractivity contribution < 1.29 is 4.79 Å². The van der Waals surface area contributed by atoms with Crippen LogP contribution in [0.25, 0.3) is 0 Å². The topological polar surface area (TPSA) is 45.2 Å². The van der Waals surface area contributed by atoms with Gasteiger partial charge in [-0.25, -0.2) is 0 Å². The smallest absolute Gasteiger partial charge is 0.227 e. The van der Waals surface area contributed by atoms with Crippen molar-refractivity contribution in [1.82, 2.24) is 15.2 Å². The second-order valence-electron chi connectivity index (χ2n) is 6.11. The van der Waals surface area contributed by atoms with Gasteiger partial charge in [0.1, 0.15) is 0 Å². The number of aromatic nitrogens is 1. The van der Waals surface area contributed by atoms with Crippen molar-refractivity contribution in [2.75, 3.05) is 26.2 Å². The average molecular weight is 261 g/mol. The van der Waals surface area contributed by atoms with E-state index in [2.05, 4.69) is 31.1 Å². The van der Waals surface area contributed by atoms with E-state index in [-0.39, 0.29) is 11.3 Å². The van der Waals surface area contributed by atoms with Crippen molar-refractivity contribution in [2.45, 2.75) is 32.6 Å². The number of rotatable bonds is 2. The molecule has 4 nitrogen and oxygen atoms in total. The van der Waals surface area contributed by atoms with Gasteiger partial charge >= 0.3 is 0 Å². The molecule has 0 bridgehead atoms. The van der Waals surface area contributed by atoms with E-state index < -0.39 is 0 Å². The van der Waals surface area contributed by atoms with Gasteiger partial charge < -0.3 is 10.2 Å². The maximum absolute atomic E-state index is 12.1. The SMILES string of the molecule is CC(C)(C)c1ccc(CC(=O)N2CCNCC2)cn1. The Morgan fingerprint density at radius 1 is 1.32 bits per heavy atom. The van der Waals surface area contributed by atoms with Crippen molar-refractivity contribution >= 4 is 5.91 Å². The van der Waals surface area contributed by atoms with Crippen LogP contribution in [0.5, 0.6) is 0 Å². The minimum atomic E-state index is 0.0566. The highest BCUT2D eigenvalue weighted by Crippen LogP contribution is 2.19. The molecule has 104 valence electrons. The second kappa shape index (κ2) is 5.70. The van der Waals surface area contributed by atoms with E-state index >= 15 is 0 Å². The first-order chi connectivity index (χ1) is 8.97. The van der Waals surface area contributed by atoms with Crippen LogP contribution in [-0.2, 0) is 16.6 Å². The van der Waals surface area contributed by atoms with Crippen LogP contribution < -0.4 is 5.32 Å². The maximum Gasteiger partial charge on any atom is 0.227 e. The average Bonchev–Trinajstić information content (AvgIpc) is 2.39. The lowest BCUT2D eigenvalue weighted by Gasteiger charge is -2.27. The molecule has 1 aromatic rings. The summed E-state index contributed by atoms with van der Waals surface area (Å²) in [5.74, 6) is 0.201. The third kappa shape index (κ3) is 3.77. The Hall–Kier alpha value is -1.42. The fourth-order valence-electron chi connectivity index (χ4n) is 2.17. The molecular formula is C15H23N3O. The number of carbonyl (C=O) groups excluding carboxylic acids is 1. The molecule has 1 aromatic heterocycles. The van der Waals surface area contributed by atoms with Crippen molar-refractivity contribution in [1.29, 1.82) is 0 Å². The lowest BCUT2D eigenvalue weighted by atomic mass is 9.91. The van der Waals surface area contributed by atoms with Gasteiger partial charge in [0.15, 0.2) is 0 Å². The van der Waals surface area contributed by atoms with Crippen LogP contribution >= 0.6 is 0 Å². The number of nitrogens with one attached hydrogen (secondary N) is 1. The molecule has 1 N–H and O–H groups in total. The van der Waals surface area contributed by atoms with E-state index in [0.717, 1.165) is 37.4 Å². The Balaban J connectivity index is 1.97. The summed E-state index contributed by atoms with van der Waals surface area (Å²) >= 11 is 0. The van der Waals surface area contributed by atoms with E-state index in [1.165, 1.54) is 0 Å². The van der Waals surface area contributed by atoms with Crippen LogP contribution in [0.15, 0.2) is 18.3 Å². The van der Waals surface area contributed by atoms with Gasteiger partial charge in [-0.15, -0.1) is 0 Å². The lowest BCUT2D eigenvalue weighted by molar-refractivity contribution is -0.131. The Kier molecular flexibility index (Phi) is 4.20. The maximum atomic E-state index is 12.1. The molecule has 4 heteroatoms. The molecule has 0 radical (unpaired) electrons. The number of hydrogen-bond acceptors (Lipinski definition) is 3. The van der Waals surface area contributed by atoms with Gasteiger partial charge in [0.2, 0.25) is 5.91 Å². The number of carbonyl (C=O) groups is 1. The predicted octanol–water partition coefficient (Wildman–Crippen LogP) is 1.35. The highest BCUT2D eigenvalue weighted by atomic mass is 16.2. The van der Waals surface area contributed by atoms with Crippen molar-refractivity contribution in [3.8, 4) is 0 Å². The molecule has 0 aromatic carbocycles. The van der Waals surface area contributed by atoms with Crippen molar-refractivity contribution in [3.05, 3.63) is 29.6 Å². The number of piperazine rings is 1.